The molecule has 1 saturated heterocycles. The maximum Gasteiger partial charge on any atom is 0.269 e. The lowest BCUT2D eigenvalue weighted by Gasteiger charge is -2.26. The highest BCUT2D eigenvalue weighted by Crippen LogP contribution is 2.31. The van der Waals surface area contributed by atoms with Gasteiger partial charge in [-0.3, -0.25) is 10.1 Å². The summed E-state index contributed by atoms with van der Waals surface area (Å²) in [5, 5.41) is 10.6. The van der Waals surface area contributed by atoms with Crippen molar-refractivity contribution in [3.8, 4) is 0 Å². The fourth-order valence-corrected chi connectivity index (χ4v) is 2.05. The quantitative estimate of drug-likeness (QED) is 0.454. The third-order valence-corrected chi connectivity index (χ3v) is 3.09. The molecule has 4 nitrogen and oxygen atoms in total. The molecule has 1 heterocycles. The minimum absolute atomic E-state index is 0.0305. The molecule has 2 atom stereocenters. The second-order valence-electron chi connectivity index (χ2n) is 3.83. The van der Waals surface area contributed by atoms with E-state index in [0.717, 1.165) is 18.4 Å². The van der Waals surface area contributed by atoms with Gasteiger partial charge in [0.2, 0.25) is 0 Å². The Morgan fingerprint density at radius 1 is 1.38 bits per heavy atom. The van der Waals surface area contributed by atoms with Crippen LogP contribution in [0.3, 0.4) is 0 Å². The molecular weight excluding hydrogens is 230 g/mol. The van der Waals surface area contributed by atoms with Gasteiger partial charge < -0.3 is 4.74 Å². The third kappa shape index (κ3) is 2.51. The zero-order valence-corrected chi connectivity index (χ0v) is 9.39. The van der Waals surface area contributed by atoms with Gasteiger partial charge in [0.25, 0.3) is 5.69 Å². The molecular formula is C11H12ClNO3. The van der Waals surface area contributed by atoms with Gasteiger partial charge in [0.05, 0.1) is 11.0 Å². The molecule has 1 aliphatic rings. The van der Waals surface area contributed by atoms with Crippen molar-refractivity contribution in [3.05, 3.63) is 39.9 Å². The van der Waals surface area contributed by atoms with Crippen LogP contribution in [0.25, 0.3) is 0 Å². The van der Waals surface area contributed by atoms with Gasteiger partial charge in [0.15, 0.2) is 0 Å². The first-order chi connectivity index (χ1) is 7.66. The van der Waals surface area contributed by atoms with E-state index in [2.05, 4.69) is 0 Å². The second kappa shape index (κ2) is 4.80. The fraction of sp³-hybridized carbons (Fsp3) is 0.455. The van der Waals surface area contributed by atoms with Gasteiger partial charge in [0.1, 0.15) is 0 Å². The van der Waals surface area contributed by atoms with Crippen LogP contribution in [-0.2, 0) is 4.74 Å². The van der Waals surface area contributed by atoms with Gasteiger partial charge in [-0.1, -0.05) is 0 Å². The summed E-state index contributed by atoms with van der Waals surface area (Å²) in [6.07, 6.45) is 1.60. The number of nitro benzene ring substituents is 1. The minimum Gasteiger partial charge on any atom is -0.373 e. The van der Waals surface area contributed by atoms with E-state index in [1.165, 1.54) is 12.1 Å². The number of nitro groups is 1. The van der Waals surface area contributed by atoms with Crippen molar-refractivity contribution in [1.82, 2.24) is 0 Å². The summed E-state index contributed by atoms with van der Waals surface area (Å²) >= 11 is 6.05. The van der Waals surface area contributed by atoms with Crippen molar-refractivity contribution in [2.45, 2.75) is 24.3 Å². The Balaban J connectivity index is 2.11. The number of rotatable bonds is 2. The molecule has 0 amide bonds. The van der Waals surface area contributed by atoms with Crippen molar-refractivity contribution in [2.24, 2.45) is 0 Å². The average Bonchev–Trinajstić information content (AvgIpc) is 2.29. The summed E-state index contributed by atoms with van der Waals surface area (Å²) < 4.78 is 5.58. The lowest BCUT2D eigenvalue weighted by Crippen LogP contribution is -2.19. The lowest BCUT2D eigenvalue weighted by molar-refractivity contribution is -0.384. The number of halogens is 1. The predicted octanol–water partition coefficient (Wildman–Crippen LogP) is 3.05. The van der Waals surface area contributed by atoms with E-state index in [-0.39, 0.29) is 17.2 Å². The van der Waals surface area contributed by atoms with Gasteiger partial charge in [-0.25, -0.2) is 0 Å². The SMILES string of the molecule is O=[N+]([O-])c1ccc([C@H]2C[C@@H](Cl)CCO2)cc1. The van der Waals surface area contributed by atoms with Crippen LogP contribution in [-0.4, -0.2) is 16.9 Å². The standard InChI is InChI=1S/C11H12ClNO3/c12-9-5-6-16-11(7-9)8-1-3-10(4-2-8)13(14)15/h1-4,9,11H,5-7H2/t9-,11+/m0/s1. The van der Waals surface area contributed by atoms with Crippen LogP contribution in [0.5, 0.6) is 0 Å². The molecule has 1 fully saturated rings. The second-order valence-corrected chi connectivity index (χ2v) is 4.45. The molecule has 0 unspecified atom stereocenters. The number of non-ortho nitro benzene ring substituents is 1. The molecule has 0 aromatic heterocycles. The van der Waals surface area contributed by atoms with Crippen molar-refractivity contribution >= 4 is 17.3 Å². The molecule has 0 saturated carbocycles. The van der Waals surface area contributed by atoms with Crippen LogP contribution >= 0.6 is 11.6 Å². The van der Waals surface area contributed by atoms with E-state index in [1.807, 2.05) is 0 Å². The minimum atomic E-state index is -0.407. The van der Waals surface area contributed by atoms with Crippen molar-refractivity contribution in [1.29, 1.82) is 0 Å². The third-order valence-electron chi connectivity index (χ3n) is 2.70. The largest absolute Gasteiger partial charge is 0.373 e. The summed E-state index contributed by atoms with van der Waals surface area (Å²) in [5.74, 6) is 0. The molecule has 86 valence electrons. The van der Waals surface area contributed by atoms with Gasteiger partial charge in [-0.05, 0) is 30.5 Å². The smallest absolute Gasteiger partial charge is 0.269 e. The van der Waals surface area contributed by atoms with E-state index >= 15 is 0 Å². The van der Waals surface area contributed by atoms with Crippen LogP contribution in [0.2, 0.25) is 0 Å². The number of hydrogen-bond donors (Lipinski definition) is 0. The summed E-state index contributed by atoms with van der Waals surface area (Å²) in [4.78, 5) is 10.1. The monoisotopic (exact) mass is 241 g/mol. The maximum absolute atomic E-state index is 10.5. The normalized spacial score (nSPS) is 25.3. The average molecular weight is 242 g/mol. The molecule has 1 aliphatic heterocycles. The first-order valence-corrected chi connectivity index (χ1v) is 5.60. The first-order valence-electron chi connectivity index (χ1n) is 5.17. The first kappa shape index (κ1) is 11.4. The summed E-state index contributed by atoms with van der Waals surface area (Å²) in [6, 6.07) is 6.46. The summed E-state index contributed by atoms with van der Waals surface area (Å²) in [5.41, 5.74) is 1.05. The van der Waals surface area contributed by atoms with Gasteiger partial charge in [-0.2, -0.15) is 0 Å². The highest BCUT2D eigenvalue weighted by molar-refractivity contribution is 6.20. The number of hydrogen-bond acceptors (Lipinski definition) is 3. The van der Waals surface area contributed by atoms with E-state index < -0.39 is 4.92 Å². The predicted molar refractivity (Wildman–Crippen MR) is 60.7 cm³/mol. The lowest BCUT2D eigenvalue weighted by atomic mass is 10.0. The Hall–Kier alpha value is -1.13. The Bertz CT molecular complexity index is 379. The van der Waals surface area contributed by atoms with Crippen LogP contribution in [0, 0.1) is 10.1 Å². The number of ether oxygens (including phenoxy) is 1. The van der Waals surface area contributed by atoms with Gasteiger partial charge >= 0.3 is 0 Å². The molecule has 5 heteroatoms. The summed E-state index contributed by atoms with van der Waals surface area (Å²) in [6.45, 7) is 0.649. The van der Waals surface area contributed by atoms with Crippen LogP contribution in [0.4, 0.5) is 5.69 Å². The number of nitrogens with zero attached hydrogens (tertiary/aromatic N) is 1. The Labute approximate surface area is 98.3 Å². The highest BCUT2D eigenvalue weighted by Gasteiger charge is 2.22. The van der Waals surface area contributed by atoms with E-state index in [4.69, 9.17) is 16.3 Å². The molecule has 1 aromatic rings. The van der Waals surface area contributed by atoms with E-state index in [0.29, 0.717) is 6.61 Å². The van der Waals surface area contributed by atoms with Crippen molar-refractivity contribution < 1.29 is 9.66 Å². The molecule has 0 spiro atoms. The van der Waals surface area contributed by atoms with Crippen LogP contribution in [0.1, 0.15) is 24.5 Å². The molecule has 2 rings (SSSR count). The Morgan fingerprint density at radius 2 is 2.06 bits per heavy atom. The summed E-state index contributed by atoms with van der Waals surface area (Å²) in [7, 11) is 0. The van der Waals surface area contributed by atoms with Gasteiger partial charge in [-0.15, -0.1) is 11.6 Å². The molecule has 0 aliphatic carbocycles. The zero-order valence-electron chi connectivity index (χ0n) is 8.64. The maximum atomic E-state index is 10.5. The number of benzene rings is 1. The van der Waals surface area contributed by atoms with E-state index in [1.54, 1.807) is 12.1 Å². The molecule has 0 radical (unpaired) electrons. The van der Waals surface area contributed by atoms with Gasteiger partial charge in [0, 0.05) is 24.1 Å². The molecule has 16 heavy (non-hydrogen) atoms. The Kier molecular flexibility index (Phi) is 3.41. The molecule has 1 aromatic carbocycles. The topological polar surface area (TPSA) is 52.4 Å². The Morgan fingerprint density at radius 3 is 2.62 bits per heavy atom. The van der Waals surface area contributed by atoms with Crippen molar-refractivity contribution in [2.75, 3.05) is 6.61 Å². The fourth-order valence-electron chi connectivity index (χ4n) is 1.80. The van der Waals surface area contributed by atoms with E-state index in [9.17, 15) is 10.1 Å². The number of alkyl halides is 1. The molecule has 0 bridgehead atoms. The molecule has 0 N–H and O–H groups in total. The van der Waals surface area contributed by atoms with Crippen LogP contribution in [0.15, 0.2) is 24.3 Å². The van der Waals surface area contributed by atoms with Crippen molar-refractivity contribution in [3.63, 3.8) is 0 Å². The van der Waals surface area contributed by atoms with Crippen LogP contribution < -0.4 is 0 Å². The zero-order chi connectivity index (χ0) is 11.5. The highest BCUT2D eigenvalue weighted by atomic mass is 35.5.